The number of halogens is 1. The lowest BCUT2D eigenvalue weighted by Crippen LogP contribution is -2.50. The highest BCUT2D eigenvalue weighted by molar-refractivity contribution is 14.0. The molecular formula is C18H38IN5. The summed E-state index contributed by atoms with van der Waals surface area (Å²) in [6.45, 7) is 12.9. The molecule has 0 aliphatic carbocycles. The Kier molecular flexibility index (Phi) is 11.3. The molecule has 0 aromatic heterocycles. The van der Waals surface area contributed by atoms with Crippen LogP contribution in [0.3, 0.4) is 0 Å². The molecule has 2 rings (SSSR count). The Morgan fingerprint density at radius 2 is 1.83 bits per heavy atom. The van der Waals surface area contributed by atoms with Crippen LogP contribution in [0.25, 0.3) is 0 Å². The van der Waals surface area contributed by atoms with Crippen molar-refractivity contribution in [2.75, 3.05) is 52.9 Å². The zero-order chi connectivity index (χ0) is 16.5. The predicted octanol–water partition coefficient (Wildman–Crippen LogP) is 2.38. The Morgan fingerprint density at radius 1 is 1.08 bits per heavy atom. The number of hydrogen-bond acceptors (Lipinski definition) is 3. The number of likely N-dealkylation sites (tertiary alicyclic amines) is 2. The minimum absolute atomic E-state index is 0. The Hall–Kier alpha value is -0.0800. The third kappa shape index (κ3) is 7.87. The molecule has 0 spiro atoms. The first kappa shape index (κ1) is 22.0. The van der Waals surface area contributed by atoms with Crippen molar-refractivity contribution in [3.05, 3.63) is 0 Å². The van der Waals surface area contributed by atoms with Gasteiger partial charge in [-0.05, 0) is 51.1 Å². The minimum atomic E-state index is 0. The third-order valence-corrected chi connectivity index (χ3v) is 5.15. The topological polar surface area (TPSA) is 42.9 Å². The molecule has 0 aromatic rings. The Balaban J connectivity index is 0.00000288. The summed E-state index contributed by atoms with van der Waals surface area (Å²) in [5.41, 5.74) is 0. The highest BCUT2D eigenvalue weighted by Gasteiger charge is 2.19. The monoisotopic (exact) mass is 451 g/mol. The second kappa shape index (κ2) is 12.3. The van der Waals surface area contributed by atoms with E-state index in [0.29, 0.717) is 6.04 Å². The average molecular weight is 451 g/mol. The van der Waals surface area contributed by atoms with E-state index in [1.54, 1.807) is 0 Å². The van der Waals surface area contributed by atoms with E-state index in [4.69, 9.17) is 0 Å². The molecule has 6 heteroatoms. The minimum Gasteiger partial charge on any atom is -0.355 e. The smallest absolute Gasteiger partial charge is 0.191 e. The van der Waals surface area contributed by atoms with Gasteiger partial charge in [0.05, 0.1) is 0 Å². The SMILES string of the molecule is CCCN1CCC(NC(=NC)NCCN2CCCC(C)C2)CC1.I. The van der Waals surface area contributed by atoms with Gasteiger partial charge in [0, 0.05) is 45.8 Å². The van der Waals surface area contributed by atoms with E-state index in [2.05, 4.69) is 39.3 Å². The Morgan fingerprint density at radius 3 is 2.46 bits per heavy atom. The lowest BCUT2D eigenvalue weighted by atomic mass is 10.0. The standard InChI is InChI=1S/C18H37N5.HI/c1-4-10-22-12-7-17(8-13-22)21-18(19-3)20-9-14-23-11-5-6-16(2)15-23;/h16-17H,4-15H2,1-3H3,(H2,19,20,21);1H. The maximum atomic E-state index is 4.40. The van der Waals surface area contributed by atoms with Crippen LogP contribution in [-0.4, -0.2) is 74.7 Å². The lowest BCUT2D eigenvalue weighted by molar-refractivity contribution is 0.186. The van der Waals surface area contributed by atoms with Gasteiger partial charge in [-0.25, -0.2) is 0 Å². The molecular weight excluding hydrogens is 413 g/mol. The molecule has 0 aromatic carbocycles. The van der Waals surface area contributed by atoms with Crippen molar-refractivity contribution in [1.82, 2.24) is 20.4 Å². The molecule has 2 saturated heterocycles. The average Bonchev–Trinajstić information content (AvgIpc) is 2.56. The molecule has 142 valence electrons. The van der Waals surface area contributed by atoms with E-state index in [1.807, 2.05) is 7.05 Å². The van der Waals surface area contributed by atoms with Gasteiger partial charge in [0.2, 0.25) is 0 Å². The fraction of sp³-hybridized carbons (Fsp3) is 0.944. The molecule has 2 aliphatic rings. The number of nitrogens with one attached hydrogen (secondary N) is 2. The predicted molar refractivity (Wildman–Crippen MR) is 115 cm³/mol. The first-order valence-electron chi connectivity index (χ1n) is 9.63. The van der Waals surface area contributed by atoms with Crippen LogP contribution in [0.1, 0.15) is 46.0 Å². The molecule has 0 amide bonds. The Bertz CT molecular complexity index is 355. The van der Waals surface area contributed by atoms with Crippen LogP contribution in [0.15, 0.2) is 4.99 Å². The van der Waals surface area contributed by atoms with Crippen LogP contribution in [0.4, 0.5) is 0 Å². The summed E-state index contributed by atoms with van der Waals surface area (Å²) < 4.78 is 0. The molecule has 5 nitrogen and oxygen atoms in total. The summed E-state index contributed by atoms with van der Waals surface area (Å²) in [4.78, 5) is 9.55. The summed E-state index contributed by atoms with van der Waals surface area (Å²) in [7, 11) is 1.88. The van der Waals surface area contributed by atoms with Crippen molar-refractivity contribution in [3.8, 4) is 0 Å². The number of nitrogens with zero attached hydrogens (tertiary/aromatic N) is 3. The van der Waals surface area contributed by atoms with Crippen molar-refractivity contribution < 1.29 is 0 Å². The molecule has 0 bridgehead atoms. The number of hydrogen-bond donors (Lipinski definition) is 2. The van der Waals surface area contributed by atoms with Crippen LogP contribution in [0.2, 0.25) is 0 Å². The molecule has 0 radical (unpaired) electrons. The zero-order valence-corrected chi connectivity index (χ0v) is 18.2. The van der Waals surface area contributed by atoms with E-state index in [1.165, 1.54) is 64.8 Å². The zero-order valence-electron chi connectivity index (χ0n) is 15.9. The third-order valence-electron chi connectivity index (χ3n) is 5.15. The van der Waals surface area contributed by atoms with E-state index >= 15 is 0 Å². The molecule has 1 unspecified atom stereocenters. The van der Waals surface area contributed by atoms with Gasteiger partial charge in [0.25, 0.3) is 0 Å². The van der Waals surface area contributed by atoms with E-state index in [-0.39, 0.29) is 24.0 Å². The van der Waals surface area contributed by atoms with E-state index in [0.717, 1.165) is 25.0 Å². The molecule has 1 atom stereocenters. The number of rotatable bonds is 6. The summed E-state index contributed by atoms with van der Waals surface area (Å²) in [6, 6.07) is 0.573. The van der Waals surface area contributed by atoms with Crippen molar-refractivity contribution in [2.24, 2.45) is 10.9 Å². The summed E-state index contributed by atoms with van der Waals surface area (Å²) in [6.07, 6.45) is 6.46. The fourth-order valence-corrected chi connectivity index (χ4v) is 3.83. The van der Waals surface area contributed by atoms with Crippen molar-refractivity contribution in [3.63, 3.8) is 0 Å². The second-order valence-electron chi connectivity index (χ2n) is 7.31. The van der Waals surface area contributed by atoms with Crippen molar-refractivity contribution in [1.29, 1.82) is 0 Å². The van der Waals surface area contributed by atoms with Gasteiger partial charge in [0.15, 0.2) is 5.96 Å². The normalized spacial score (nSPS) is 24.5. The van der Waals surface area contributed by atoms with Gasteiger partial charge in [-0.1, -0.05) is 13.8 Å². The van der Waals surface area contributed by atoms with Crippen molar-refractivity contribution in [2.45, 2.75) is 52.0 Å². The van der Waals surface area contributed by atoms with Gasteiger partial charge < -0.3 is 20.4 Å². The van der Waals surface area contributed by atoms with Crippen LogP contribution in [-0.2, 0) is 0 Å². The van der Waals surface area contributed by atoms with Crippen LogP contribution in [0, 0.1) is 5.92 Å². The first-order chi connectivity index (χ1) is 11.2. The second-order valence-corrected chi connectivity index (χ2v) is 7.31. The van der Waals surface area contributed by atoms with Gasteiger partial charge in [-0.3, -0.25) is 4.99 Å². The highest BCUT2D eigenvalue weighted by Crippen LogP contribution is 2.14. The molecule has 2 aliphatic heterocycles. The van der Waals surface area contributed by atoms with Gasteiger partial charge in [-0.2, -0.15) is 0 Å². The largest absolute Gasteiger partial charge is 0.355 e. The number of piperidine rings is 2. The van der Waals surface area contributed by atoms with Crippen LogP contribution >= 0.6 is 24.0 Å². The molecule has 2 heterocycles. The summed E-state index contributed by atoms with van der Waals surface area (Å²) >= 11 is 0. The highest BCUT2D eigenvalue weighted by atomic mass is 127. The van der Waals surface area contributed by atoms with Gasteiger partial charge in [-0.15, -0.1) is 24.0 Å². The van der Waals surface area contributed by atoms with Crippen molar-refractivity contribution >= 4 is 29.9 Å². The fourth-order valence-electron chi connectivity index (χ4n) is 3.83. The van der Waals surface area contributed by atoms with E-state index < -0.39 is 0 Å². The van der Waals surface area contributed by atoms with E-state index in [9.17, 15) is 0 Å². The number of guanidine groups is 1. The first-order valence-corrected chi connectivity index (χ1v) is 9.63. The van der Waals surface area contributed by atoms with Gasteiger partial charge in [0.1, 0.15) is 0 Å². The quantitative estimate of drug-likeness (QED) is 0.370. The molecule has 2 fully saturated rings. The maximum absolute atomic E-state index is 4.40. The molecule has 24 heavy (non-hydrogen) atoms. The van der Waals surface area contributed by atoms with Crippen LogP contribution < -0.4 is 10.6 Å². The molecule has 2 N–H and O–H groups in total. The summed E-state index contributed by atoms with van der Waals surface area (Å²) in [5, 5.41) is 7.11. The van der Waals surface area contributed by atoms with Crippen LogP contribution in [0.5, 0.6) is 0 Å². The lowest BCUT2D eigenvalue weighted by Gasteiger charge is -2.33. The maximum Gasteiger partial charge on any atom is 0.191 e. The number of aliphatic imine (C=N–C) groups is 1. The van der Waals surface area contributed by atoms with Gasteiger partial charge >= 0.3 is 0 Å². The molecule has 0 saturated carbocycles. The summed E-state index contributed by atoms with van der Waals surface area (Å²) in [5.74, 6) is 1.83. The Labute approximate surface area is 166 Å².